The van der Waals surface area contributed by atoms with Gasteiger partial charge in [-0.25, -0.2) is 14.5 Å². The molecule has 0 aliphatic heterocycles. The molecule has 0 atom stereocenters. The van der Waals surface area contributed by atoms with Gasteiger partial charge >= 0.3 is 0 Å². The van der Waals surface area contributed by atoms with Gasteiger partial charge < -0.3 is 5.32 Å². The van der Waals surface area contributed by atoms with Crippen molar-refractivity contribution in [3.05, 3.63) is 75.1 Å². The lowest BCUT2D eigenvalue weighted by Gasteiger charge is -2.06. The maximum absolute atomic E-state index is 12.5. The van der Waals surface area contributed by atoms with Crippen LogP contribution >= 0.6 is 39.1 Å². The third-order valence-corrected chi connectivity index (χ3v) is 4.62. The Balaban J connectivity index is 1.72. The van der Waals surface area contributed by atoms with Gasteiger partial charge in [0.1, 0.15) is 5.82 Å². The van der Waals surface area contributed by atoms with Gasteiger partial charge in [0.05, 0.1) is 5.69 Å². The van der Waals surface area contributed by atoms with E-state index in [0.717, 1.165) is 10.0 Å². The summed E-state index contributed by atoms with van der Waals surface area (Å²) in [5.41, 5.74) is 2.22. The van der Waals surface area contributed by atoms with Gasteiger partial charge in [0, 0.05) is 38.5 Å². The van der Waals surface area contributed by atoms with Crippen LogP contribution in [0.15, 0.2) is 59.3 Å². The predicted octanol–water partition coefficient (Wildman–Crippen LogP) is 5.11. The molecule has 27 heavy (non-hydrogen) atoms. The molecule has 0 aliphatic rings. The average Bonchev–Trinajstić information content (AvgIpc) is 3.07. The Labute approximate surface area is 172 Å². The van der Waals surface area contributed by atoms with Crippen LogP contribution in [0, 0.1) is 0 Å². The summed E-state index contributed by atoms with van der Waals surface area (Å²) in [6.45, 7) is 0. The topological polar surface area (TPSA) is 72.2 Å². The van der Waals surface area contributed by atoms with Crippen LogP contribution in [-0.2, 0) is 0 Å². The molecule has 0 saturated carbocycles. The summed E-state index contributed by atoms with van der Waals surface area (Å²) in [6, 6.07) is 12.1. The fourth-order valence-electron chi connectivity index (χ4n) is 2.56. The zero-order valence-corrected chi connectivity index (χ0v) is 16.6. The second kappa shape index (κ2) is 7.26. The summed E-state index contributed by atoms with van der Waals surface area (Å²) < 4.78 is 2.40. The molecule has 134 valence electrons. The lowest BCUT2D eigenvalue weighted by molar-refractivity contribution is 0.102. The summed E-state index contributed by atoms with van der Waals surface area (Å²) in [5, 5.41) is 8.10. The minimum absolute atomic E-state index is 0.216. The third-order valence-electron chi connectivity index (χ3n) is 3.72. The van der Waals surface area contributed by atoms with Crippen molar-refractivity contribution in [1.29, 1.82) is 0 Å². The first kappa shape index (κ1) is 17.9. The van der Waals surface area contributed by atoms with Crippen molar-refractivity contribution in [2.45, 2.75) is 0 Å². The molecule has 0 spiro atoms. The second-order valence-corrected chi connectivity index (χ2v) is 7.39. The third kappa shape index (κ3) is 3.80. The average molecular weight is 463 g/mol. The van der Waals surface area contributed by atoms with E-state index in [-0.39, 0.29) is 11.6 Å². The number of carbonyl (C=O) groups excluding carboxylic acids is 1. The van der Waals surface area contributed by atoms with Crippen LogP contribution in [-0.4, -0.2) is 25.5 Å². The fraction of sp³-hybridized carbons (Fsp3) is 0. The van der Waals surface area contributed by atoms with Gasteiger partial charge in [-0.15, -0.1) is 0 Å². The van der Waals surface area contributed by atoms with Crippen LogP contribution in [0.5, 0.6) is 0 Å². The van der Waals surface area contributed by atoms with Crippen LogP contribution < -0.4 is 5.32 Å². The molecule has 1 aromatic carbocycles. The molecule has 0 bridgehead atoms. The Morgan fingerprint density at radius 2 is 1.81 bits per heavy atom. The SMILES string of the molecule is O=C(Nc1ccc(Br)cn1)c1cc2nccc(-c3cc(Cl)cc(Cl)c3)n2n1. The van der Waals surface area contributed by atoms with Crippen LogP contribution in [0.4, 0.5) is 5.82 Å². The first-order valence-electron chi connectivity index (χ1n) is 7.74. The number of benzene rings is 1. The lowest BCUT2D eigenvalue weighted by Crippen LogP contribution is -2.13. The Morgan fingerprint density at radius 1 is 1.04 bits per heavy atom. The number of fused-ring (bicyclic) bond motifs is 1. The number of amides is 1. The zero-order valence-electron chi connectivity index (χ0n) is 13.5. The highest BCUT2D eigenvalue weighted by Gasteiger charge is 2.15. The Bertz CT molecular complexity index is 1140. The molecule has 0 saturated heterocycles. The second-order valence-electron chi connectivity index (χ2n) is 5.60. The van der Waals surface area contributed by atoms with Crippen molar-refractivity contribution in [3.8, 4) is 11.3 Å². The van der Waals surface area contributed by atoms with E-state index in [1.54, 1.807) is 59.4 Å². The number of aromatic nitrogens is 4. The lowest BCUT2D eigenvalue weighted by atomic mass is 10.1. The summed E-state index contributed by atoms with van der Waals surface area (Å²) in [7, 11) is 0. The van der Waals surface area contributed by atoms with Gasteiger partial charge in [0.2, 0.25) is 0 Å². The monoisotopic (exact) mass is 461 g/mol. The van der Waals surface area contributed by atoms with Gasteiger partial charge in [-0.1, -0.05) is 23.2 Å². The molecule has 6 nitrogen and oxygen atoms in total. The van der Waals surface area contributed by atoms with Crippen molar-refractivity contribution >= 4 is 56.5 Å². The first-order chi connectivity index (χ1) is 13.0. The highest BCUT2D eigenvalue weighted by Crippen LogP contribution is 2.27. The number of nitrogens with one attached hydrogen (secondary N) is 1. The molecule has 0 radical (unpaired) electrons. The van der Waals surface area contributed by atoms with Crippen LogP contribution in [0.2, 0.25) is 10.0 Å². The molecule has 0 unspecified atom stereocenters. The number of pyridine rings is 1. The number of anilines is 1. The number of hydrogen-bond acceptors (Lipinski definition) is 4. The summed E-state index contributed by atoms with van der Waals surface area (Å²) in [6.07, 6.45) is 3.24. The van der Waals surface area contributed by atoms with E-state index < -0.39 is 0 Å². The van der Waals surface area contributed by atoms with E-state index in [9.17, 15) is 4.79 Å². The number of rotatable bonds is 3. The van der Waals surface area contributed by atoms with E-state index in [1.807, 2.05) is 0 Å². The molecule has 0 aliphatic carbocycles. The van der Waals surface area contributed by atoms with E-state index in [2.05, 4.69) is 36.3 Å². The predicted molar refractivity (Wildman–Crippen MR) is 108 cm³/mol. The van der Waals surface area contributed by atoms with Crippen molar-refractivity contribution in [2.75, 3.05) is 5.32 Å². The highest BCUT2D eigenvalue weighted by atomic mass is 79.9. The molecule has 3 heterocycles. The van der Waals surface area contributed by atoms with Gasteiger partial charge in [-0.05, 0) is 52.3 Å². The van der Waals surface area contributed by atoms with E-state index in [1.165, 1.54) is 0 Å². The maximum Gasteiger partial charge on any atom is 0.277 e. The minimum atomic E-state index is -0.384. The van der Waals surface area contributed by atoms with Gasteiger partial charge in [0.15, 0.2) is 11.3 Å². The van der Waals surface area contributed by atoms with Crippen LogP contribution in [0.3, 0.4) is 0 Å². The molecular formula is C18H10BrCl2N5O. The maximum atomic E-state index is 12.5. The zero-order chi connectivity index (χ0) is 19.0. The Hall–Kier alpha value is -2.48. The summed E-state index contributed by atoms with van der Waals surface area (Å²) in [5.74, 6) is 0.0421. The molecule has 4 rings (SSSR count). The van der Waals surface area contributed by atoms with Crippen LogP contribution in [0.25, 0.3) is 16.9 Å². The van der Waals surface area contributed by atoms with Crippen molar-refractivity contribution in [3.63, 3.8) is 0 Å². The smallest absolute Gasteiger partial charge is 0.277 e. The fourth-order valence-corrected chi connectivity index (χ4v) is 3.32. The Morgan fingerprint density at radius 3 is 2.52 bits per heavy atom. The quantitative estimate of drug-likeness (QED) is 0.459. The van der Waals surface area contributed by atoms with Gasteiger partial charge in [-0.3, -0.25) is 4.79 Å². The Kier molecular flexibility index (Phi) is 4.82. The largest absolute Gasteiger partial charge is 0.305 e. The van der Waals surface area contributed by atoms with Crippen LogP contribution in [0.1, 0.15) is 10.5 Å². The van der Waals surface area contributed by atoms with Crippen molar-refractivity contribution in [1.82, 2.24) is 19.6 Å². The molecule has 9 heteroatoms. The van der Waals surface area contributed by atoms with Crippen molar-refractivity contribution < 1.29 is 4.79 Å². The number of nitrogens with zero attached hydrogens (tertiary/aromatic N) is 4. The summed E-state index contributed by atoms with van der Waals surface area (Å²) in [4.78, 5) is 20.9. The van der Waals surface area contributed by atoms with Gasteiger partial charge in [-0.2, -0.15) is 5.10 Å². The molecule has 3 aromatic heterocycles. The van der Waals surface area contributed by atoms with E-state index in [0.29, 0.717) is 27.2 Å². The summed E-state index contributed by atoms with van der Waals surface area (Å²) >= 11 is 15.5. The van der Waals surface area contributed by atoms with Gasteiger partial charge in [0.25, 0.3) is 5.91 Å². The van der Waals surface area contributed by atoms with E-state index >= 15 is 0 Å². The molecular weight excluding hydrogens is 453 g/mol. The molecule has 4 aromatic rings. The first-order valence-corrected chi connectivity index (χ1v) is 9.29. The highest BCUT2D eigenvalue weighted by molar-refractivity contribution is 9.10. The minimum Gasteiger partial charge on any atom is -0.305 e. The number of hydrogen-bond donors (Lipinski definition) is 1. The standard InChI is InChI=1S/C18H10BrCl2N5O/c19-11-1-2-16(23-9-11)24-18(27)14-8-17-22-4-3-15(26(17)25-14)10-5-12(20)7-13(21)6-10/h1-9H,(H,23,24,27). The normalized spacial score (nSPS) is 10.9. The number of halogens is 3. The number of carbonyl (C=O) groups is 1. The molecule has 0 fully saturated rings. The van der Waals surface area contributed by atoms with Crippen molar-refractivity contribution in [2.24, 2.45) is 0 Å². The molecule has 1 N–H and O–H groups in total. The molecule has 1 amide bonds. The van der Waals surface area contributed by atoms with E-state index in [4.69, 9.17) is 23.2 Å².